The summed E-state index contributed by atoms with van der Waals surface area (Å²) in [6.07, 6.45) is 4.25. The topological polar surface area (TPSA) is 23.6 Å². The number of halogens is 2. The fraction of sp³-hybridized carbons (Fsp3) is 0.588. The molecule has 124 valence electrons. The zero-order chi connectivity index (χ0) is 16.4. The van der Waals surface area contributed by atoms with Crippen LogP contribution in [0.4, 0.5) is 0 Å². The first-order valence-electron chi connectivity index (χ1n) is 8.02. The normalized spacial score (nSPS) is 12.8. The summed E-state index contributed by atoms with van der Waals surface area (Å²) >= 11 is 7.05. The van der Waals surface area contributed by atoms with Crippen LogP contribution in [0.1, 0.15) is 49.9 Å². The highest BCUT2D eigenvalue weighted by atomic mass is 79.9. The number of carbonyl (C=O) groups excluding carboxylic acids is 1. The third-order valence-corrected chi connectivity index (χ3v) is 5.57. The Labute approximate surface area is 151 Å². The van der Waals surface area contributed by atoms with Crippen LogP contribution < -0.4 is 0 Å². The Morgan fingerprint density at radius 3 is 2.32 bits per heavy atom. The molecule has 22 heavy (non-hydrogen) atoms. The standard InChI is InChI=1S/C17H26Br2N2O/c1-3-20(18)14-10-6-9-13-16(21(19)4-2)17(22)15-11-7-5-8-12-15/h5,7-8,11-12,16H,3-4,6,9-10,13-14H2,1-2H3. The Balaban J connectivity index is 2.50. The second-order valence-electron chi connectivity index (χ2n) is 5.31. The van der Waals surface area contributed by atoms with Crippen molar-refractivity contribution in [1.29, 1.82) is 0 Å². The van der Waals surface area contributed by atoms with Gasteiger partial charge in [0.25, 0.3) is 0 Å². The van der Waals surface area contributed by atoms with Gasteiger partial charge in [0, 0.05) is 57.5 Å². The molecule has 0 N–H and O–H groups in total. The van der Waals surface area contributed by atoms with E-state index in [2.05, 4.69) is 50.1 Å². The van der Waals surface area contributed by atoms with Crippen LogP contribution in [0.2, 0.25) is 0 Å². The molecule has 0 aliphatic carbocycles. The summed E-state index contributed by atoms with van der Waals surface area (Å²) in [7, 11) is 0. The summed E-state index contributed by atoms with van der Waals surface area (Å²) in [5.74, 6) is 0.204. The number of unbranched alkanes of at least 4 members (excludes halogenated alkanes) is 2. The highest BCUT2D eigenvalue weighted by Crippen LogP contribution is 2.19. The monoisotopic (exact) mass is 432 g/mol. The van der Waals surface area contributed by atoms with Gasteiger partial charge >= 0.3 is 0 Å². The summed E-state index contributed by atoms with van der Waals surface area (Å²) in [6, 6.07) is 9.50. The fourth-order valence-corrected chi connectivity index (χ4v) is 3.01. The Kier molecular flexibility index (Phi) is 10.2. The van der Waals surface area contributed by atoms with Gasteiger partial charge in [0.2, 0.25) is 0 Å². The van der Waals surface area contributed by atoms with Crippen molar-refractivity contribution in [1.82, 2.24) is 7.85 Å². The average Bonchev–Trinajstić information content (AvgIpc) is 2.57. The number of nitrogens with zero attached hydrogens (tertiary/aromatic N) is 2. The van der Waals surface area contributed by atoms with E-state index >= 15 is 0 Å². The van der Waals surface area contributed by atoms with E-state index in [-0.39, 0.29) is 11.8 Å². The van der Waals surface area contributed by atoms with Crippen LogP contribution in [0.25, 0.3) is 0 Å². The molecule has 1 atom stereocenters. The van der Waals surface area contributed by atoms with Crippen molar-refractivity contribution >= 4 is 38.1 Å². The highest BCUT2D eigenvalue weighted by Gasteiger charge is 2.24. The molecule has 3 nitrogen and oxygen atoms in total. The molecule has 0 aliphatic heterocycles. The smallest absolute Gasteiger partial charge is 0.180 e. The summed E-state index contributed by atoms with van der Waals surface area (Å²) in [5.41, 5.74) is 0.794. The molecular formula is C17H26Br2N2O. The summed E-state index contributed by atoms with van der Waals surface area (Å²) in [5, 5.41) is 0. The van der Waals surface area contributed by atoms with Gasteiger partial charge < -0.3 is 0 Å². The average molecular weight is 434 g/mol. The van der Waals surface area contributed by atoms with Gasteiger partial charge in [0.1, 0.15) is 0 Å². The molecule has 1 aromatic rings. The predicted molar refractivity (Wildman–Crippen MR) is 101 cm³/mol. The van der Waals surface area contributed by atoms with Crippen molar-refractivity contribution < 1.29 is 4.79 Å². The van der Waals surface area contributed by atoms with E-state index in [0.29, 0.717) is 0 Å². The second kappa shape index (κ2) is 11.3. The Morgan fingerprint density at radius 1 is 1.05 bits per heavy atom. The molecule has 0 aromatic heterocycles. The van der Waals surface area contributed by atoms with Crippen LogP contribution in [-0.4, -0.2) is 39.3 Å². The molecule has 1 rings (SSSR count). The molecular weight excluding hydrogens is 408 g/mol. The Hall–Kier alpha value is -0.230. The van der Waals surface area contributed by atoms with Crippen LogP contribution in [0.15, 0.2) is 30.3 Å². The Bertz CT molecular complexity index is 428. The molecule has 1 aromatic carbocycles. The lowest BCUT2D eigenvalue weighted by atomic mass is 9.99. The molecule has 0 aliphatic rings. The maximum Gasteiger partial charge on any atom is 0.180 e. The summed E-state index contributed by atoms with van der Waals surface area (Å²) < 4.78 is 4.12. The number of benzene rings is 1. The number of hydrogen-bond acceptors (Lipinski definition) is 3. The molecule has 1 unspecified atom stereocenters. The quantitative estimate of drug-likeness (QED) is 0.276. The largest absolute Gasteiger partial charge is 0.292 e. The minimum absolute atomic E-state index is 0.0846. The van der Waals surface area contributed by atoms with Crippen molar-refractivity contribution in [3.63, 3.8) is 0 Å². The third kappa shape index (κ3) is 6.90. The lowest BCUT2D eigenvalue weighted by Crippen LogP contribution is -2.34. The third-order valence-electron chi connectivity index (χ3n) is 3.72. The van der Waals surface area contributed by atoms with Crippen molar-refractivity contribution in [2.24, 2.45) is 0 Å². The molecule has 0 heterocycles. The van der Waals surface area contributed by atoms with Gasteiger partial charge in [-0.05, 0) is 12.8 Å². The van der Waals surface area contributed by atoms with Crippen LogP contribution in [-0.2, 0) is 0 Å². The predicted octanol–water partition coefficient (Wildman–Crippen LogP) is 5.06. The van der Waals surface area contributed by atoms with Gasteiger partial charge in [0.15, 0.2) is 5.78 Å². The first kappa shape index (κ1) is 19.8. The van der Waals surface area contributed by atoms with Gasteiger partial charge in [-0.1, -0.05) is 57.0 Å². The van der Waals surface area contributed by atoms with Crippen LogP contribution in [0, 0.1) is 0 Å². The zero-order valence-electron chi connectivity index (χ0n) is 13.5. The molecule has 0 amide bonds. The lowest BCUT2D eigenvalue weighted by molar-refractivity contribution is 0.0899. The van der Waals surface area contributed by atoms with Gasteiger partial charge in [-0.3, -0.25) is 4.79 Å². The van der Waals surface area contributed by atoms with E-state index in [0.717, 1.165) is 50.9 Å². The molecule has 0 spiro atoms. The van der Waals surface area contributed by atoms with Gasteiger partial charge in [0.05, 0.1) is 6.04 Å². The van der Waals surface area contributed by atoms with E-state index in [9.17, 15) is 4.79 Å². The van der Waals surface area contributed by atoms with Crippen LogP contribution in [0.5, 0.6) is 0 Å². The fourth-order valence-electron chi connectivity index (χ4n) is 2.37. The number of hydrogen-bond donors (Lipinski definition) is 0. The maximum atomic E-state index is 12.7. The molecule has 0 bridgehead atoms. The Morgan fingerprint density at radius 2 is 1.73 bits per heavy atom. The maximum absolute atomic E-state index is 12.7. The van der Waals surface area contributed by atoms with E-state index in [1.807, 2.05) is 34.3 Å². The van der Waals surface area contributed by atoms with Crippen LogP contribution in [0.3, 0.4) is 0 Å². The molecule has 5 heteroatoms. The van der Waals surface area contributed by atoms with Gasteiger partial charge in [-0.25, -0.2) is 7.85 Å². The van der Waals surface area contributed by atoms with E-state index in [1.165, 1.54) is 0 Å². The molecule has 0 saturated carbocycles. The number of ketones is 1. The van der Waals surface area contributed by atoms with E-state index in [4.69, 9.17) is 0 Å². The first-order chi connectivity index (χ1) is 10.6. The minimum Gasteiger partial charge on any atom is -0.292 e. The number of likely N-dealkylation sites (N-methyl/N-ethyl adjacent to an activating group) is 1. The molecule has 0 saturated heterocycles. The molecule has 0 radical (unpaired) electrons. The van der Waals surface area contributed by atoms with E-state index in [1.54, 1.807) is 0 Å². The number of carbonyl (C=O) groups is 1. The van der Waals surface area contributed by atoms with Crippen molar-refractivity contribution in [2.75, 3.05) is 19.6 Å². The van der Waals surface area contributed by atoms with E-state index < -0.39 is 0 Å². The SMILES string of the molecule is CCN(Br)CCCCCC(C(=O)c1ccccc1)N(Br)CC. The zero-order valence-corrected chi connectivity index (χ0v) is 16.6. The lowest BCUT2D eigenvalue weighted by Gasteiger charge is -2.23. The van der Waals surface area contributed by atoms with Crippen LogP contribution >= 0.6 is 32.3 Å². The van der Waals surface area contributed by atoms with Gasteiger partial charge in [-0.2, -0.15) is 0 Å². The minimum atomic E-state index is -0.0846. The van der Waals surface area contributed by atoms with Crippen molar-refractivity contribution in [3.05, 3.63) is 35.9 Å². The van der Waals surface area contributed by atoms with Gasteiger partial charge in [-0.15, -0.1) is 0 Å². The first-order valence-corrected chi connectivity index (χ1v) is 9.44. The summed E-state index contributed by atoms with van der Waals surface area (Å²) in [4.78, 5) is 12.7. The summed E-state index contributed by atoms with van der Waals surface area (Å²) in [6.45, 7) is 7.07. The number of Topliss-reactive ketones (excluding diaryl/α,β-unsaturated/α-hetero) is 1. The second-order valence-corrected chi connectivity index (χ2v) is 7.23. The molecule has 0 fully saturated rings. The van der Waals surface area contributed by atoms with Crippen molar-refractivity contribution in [3.8, 4) is 0 Å². The highest BCUT2D eigenvalue weighted by molar-refractivity contribution is 9.07. The number of rotatable bonds is 11. The van der Waals surface area contributed by atoms with Crippen molar-refractivity contribution in [2.45, 2.75) is 45.6 Å².